The first kappa shape index (κ1) is 24.0. The maximum atomic E-state index is 13.2. The molecule has 0 aromatic heterocycles. The molecule has 5 heteroatoms. The third kappa shape index (κ3) is 5.20. The third-order valence-electron chi connectivity index (χ3n) is 6.88. The summed E-state index contributed by atoms with van der Waals surface area (Å²) in [7, 11) is 0. The van der Waals surface area contributed by atoms with Gasteiger partial charge in [0.15, 0.2) is 23.1 Å². The number of benzene rings is 1. The Labute approximate surface area is 189 Å². The number of carbonyl (C=O) groups excluding carboxylic acids is 5. The van der Waals surface area contributed by atoms with Crippen molar-refractivity contribution in [3.05, 3.63) is 47.0 Å². The Balaban J connectivity index is 1.70. The molecule has 3 unspecified atom stereocenters. The molecule has 1 aromatic carbocycles. The molecule has 0 amide bonds. The molecule has 0 heterocycles. The lowest BCUT2D eigenvalue weighted by Crippen LogP contribution is -2.19. The summed E-state index contributed by atoms with van der Waals surface area (Å²) >= 11 is 0. The van der Waals surface area contributed by atoms with Crippen molar-refractivity contribution in [3.8, 4) is 0 Å². The van der Waals surface area contributed by atoms with Crippen molar-refractivity contribution in [3.63, 3.8) is 0 Å². The zero-order chi connectivity index (χ0) is 23.3. The molecule has 0 aliphatic heterocycles. The molecule has 0 saturated heterocycles. The van der Waals surface area contributed by atoms with Crippen LogP contribution in [0.1, 0.15) is 91.5 Å². The minimum absolute atomic E-state index is 0.0224. The molecule has 5 nitrogen and oxygen atoms in total. The molecule has 0 N–H and O–H groups in total. The van der Waals surface area contributed by atoms with E-state index in [0.29, 0.717) is 56.1 Å². The molecule has 32 heavy (non-hydrogen) atoms. The first-order chi connectivity index (χ1) is 15.4. The fourth-order valence-corrected chi connectivity index (χ4v) is 4.93. The monoisotopic (exact) mass is 436 g/mol. The minimum Gasteiger partial charge on any atom is -0.299 e. The van der Waals surface area contributed by atoms with Crippen molar-refractivity contribution in [2.45, 2.75) is 71.6 Å². The van der Waals surface area contributed by atoms with E-state index in [1.807, 2.05) is 26.0 Å². The van der Waals surface area contributed by atoms with Gasteiger partial charge in [0.05, 0.1) is 5.92 Å². The summed E-state index contributed by atoms with van der Waals surface area (Å²) < 4.78 is 0. The predicted octanol–water partition coefficient (Wildman–Crippen LogP) is 4.89. The second-order valence-electron chi connectivity index (χ2n) is 9.00. The molecule has 2 aliphatic rings. The Hall–Kier alpha value is -2.69. The van der Waals surface area contributed by atoms with E-state index in [1.54, 1.807) is 6.07 Å². The molecule has 0 spiro atoms. The van der Waals surface area contributed by atoms with Gasteiger partial charge in [-0.1, -0.05) is 32.0 Å². The number of allylic oxidation sites excluding steroid dienone is 2. The van der Waals surface area contributed by atoms with Crippen LogP contribution in [0.2, 0.25) is 0 Å². The molecule has 1 aromatic rings. The first-order valence-electron chi connectivity index (χ1n) is 11.8. The van der Waals surface area contributed by atoms with Crippen molar-refractivity contribution >= 4 is 28.9 Å². The van der Waals surface area contributed by atoms with Gasteiger partial charge in [0, 0.05) is 35.8 Å². The van der Waals surface area contributed by atoms with Crippen LogP contribution in [0.15, 0.2) is 30.4 Å². The lowest BCUT2D eigenvalue weighted by Gasteiger charge is -2.15. The molecule has 170 valence electrons. The predicted molar refractivity (Wildman–Crippen MR) is 122 cm³/mol. The van der Waals surface area contributed by atoms with Gasteiger partial charge in [-0.05, 0) is 62.7 Å². The highest BCUT2D eigenvalue weighted by Gasteiger charge is 2.40. The summed E-state index contributed by atoms with van der Waals surface area (Å²) in [4.78, 5) is 62.3. The van der Waals surface area contributed by atoms with Crippen molar-refractivity contribution in [2.75, 3.05) is 0 Å². The number of rotatable bonds is 10. The SMILES string of the molecule is CCCC(=O)C(CC)CCc1cccc2c1C(=O)C(CCC1CCC(=O)C=CC1=O)C2=O. The van der Waals surface area contributed by atoms with Crippen molar-refractivity contribution in [1.82, 2.24) is 0 Å². The minimum atomic E-state index is -0.759. The molecule has 0 bridgehead atoms. The highest BCUT2D eigenvalue weighted by atomic mass is 16.2. The molecule has 0 fully saturated rings. The van der Waals surface area contributed by atoms with E-state index in [1.165, 1.54) is 12.2 Å². The zero-order valence-corrected chi connectivity index (χ0v) is 19.0. The van der Waals surface area contributed by atoms with Crippen LogP contribution in [0.3, 0.4) is 0 Å². The number of Topliss-reactive ketones (excluding diaryl/α,β-unsaturated/α-hetero) is 3. The van der Waals surface area contributed by atoms with Gasteiger partial charge in [-0.3, -0.25) is 24.0 Å². The Bertz CT molecular complexity index is 955. The summed E-state index contributed by atoms with van der Waals surface area (Å²) in [5, 5.41) is 0. The number of hydrogen-bond acceptors (Lipinski definition) is 5. The van der Waals surface area contributed by atoms with Crippen LogP contribution in [-0.2, 0) is 20.8 Å². The maximum absolute atomic E-state index is 13.2. The van der Waals surface area contributed by atoms with Gasteiger partial charge in [0.1, 0.15) is 5.78 Å². The Kier molecular flexibility index (Phi) is 8.05. The molecule has 3 rings (SSSR count). The van der Waals surface area contributed by atoms with E-state index in [2.05, 4.69) is 0 Å². The average molecular weight is 437 g/mol. The fraction of sp³-hybridized carbons (Fsp3) is 0.519. The molecule has 2 aliphatic carbocycles. The summed E-state index contributed by atoms with van der Waals surface area (Å²) in [5.74, 6) is -1.34. The van der Waals surface area contributed by atoms with Crippen LogP contribution in [-0.4, -0.2) is 28.9 Å². The highest BCUT2D eigenvalue weighted by molar-refractivity contribution is 6.27. The average Bonchev–Trinajstić information content (AvgIpc) is 2.91. The van der Waals surface area contributed by atoms with E-state index >= 15 is 0 Å². The number of hydrogen-bond donors (Lipinski definition) is 0. The van der Waals surface area contributed by atoms with Crippen molar-refractivity contribution in [2.24, 2.45) is 17.8 Å². The molecule has 0 radical (unpaired) electrons. The van der Waals surface area contributed by atoms with E-state index in [-0.39, 0.29) is 40.8 Å². The van der Waals surface area contributed by atoms with E-state index < -0.39 is 5.92 Å². The van der Waals surface area contributed by atoms with Crippen LogP contribution in [0.4, 0.5) is 0 Å². The van der Waals surface area contributed by atoms with Crippen LogP contribution in [0, 0.1) is 17.8 Å². The Morgan fingerprint density at radius 3 is 2.53 bits per heavy atom. The molecular formula is C27H32O5. The zero-order valence-electron chi connectivity index (χ0n) is 19.0. The largest absolute Gasteiger partial charge is 0.299 e. The second kappa shape index (κ2) is 10.8. The molecular weight excluding hydrogens is 404 g/mol. The first-order valence-corrected chi connectivity index (χ1v) is 11.8. The second-order valence-corrected chi connectivity index (χ2v) is 9.00. The van der Waals surface area contributed by atoms with Gasteiger partial charge in [0.25, 0.3) is 0 Å². The number of aryl methyl sites for hydroxylation is 1. The van der Waals surface area contributed by atoms with Gasteiger partial charge in [-0.15, -0.1) is 0 Å². The van der Waals surface area contributed by atoms with Crippen molar-refractivity contribution in [1.29, 1.82) is 0 Å². The van der Waals surface area contributed by atoms with Gasteiger partial charge >= 0.3 is 0 Å². The summed E-state index contributed by atoms with van der Waals surface area (Å²) in [6.45, 7) is 4.01. The summed E-state index contributed by atoms with van der Waals surface area (Å²) in [6, 6.07) is 5.40. The van der Waals surface area contributed by atoms with Gasteiger partial charge in [0.2, 0.25) is 0 Å². The topological polar surface area (TPSA) is 85.3 Å². The molecule has 3 atom stereocenters. The Morgan fingerprint density at radius 1 is 1.03 bits per heavy atom. The lowest BCUT2D eigenvalue weighted by molar-refractivity contribution is -0.123. The van der Waals surface area contributed by atoms with Gasteiger partial charge in [-0.25, -0.2) is 0 Å². The van der Waals surface area contributed by atoms with E-state index in [4.69, 9.17) is 0 Å². The van der Waals surface area contributed by atoms with E-state index in [0.717, 1.165) is 18.4 Å². The van der Waals surface area contributed by atoms with Crippen LogP contribution in [0.5, 0.6) is 0 Å². The van der Waals surface area contributed by atoms with E-state index in [9.17, 15) is 24.0 Å². The smallest absolute Gasteiger partial charge is 0.174 e. The lowest BCUT2D eigenvalue weighted by atomic mass is 9.87. The standard InChI is InChI=1S/C27H32O5/c1-3-6-23(29)17(4-2)9-10-19-7-5-8-21-25(19)27(32)22(26(21)31)15-12-18-11-13-20(28)14-16-24(18)30/h5,7-8,14,16-18,22H,3-4,6,9-13,15H2,1-2H3. The number of carbonyl (C=O) groups is 5. The third-order valence-corrected chi connectivity index (χ3v) is 6.88. The van der Waals surface area contributed by atoms with Crippen LogP contribution >= 0.6 is 0 Å². The van der Waals surface area contributed by atoms with Crippen LogP contribution < -0.4 is 0 Å². The number of fused-ring (bicyclic) bond motifs is 1. The fourth-order valence-electron chi connectivity index (χ4n) is 4.93. The maximum Gasteiger partial charge on any atom is 0.174 e. The Morgan fingerprint density at radius 2 is 1.81 bits per heavy atom. The summed E-state index contributed by atoms with van der Waals surface area (Å²) in [5.41, 5.74) is 1.81. The van der Waals surface area contributed by atoms with Gasteiger partial charge < -0.3 is 0 Å². The highest BCUT2D eigenvalue weighted by Crippen LogP contribution is 2.35. The van der Waals surface area contributed by atoms with Crippen LogP contribution in [0.25, 0.3) is 0 Å². The number of ketones is 5. The normalized spacial score (nSPS) is 21.6. The van der Waals surface area contributed by atoms with Crippen molar-refractivity contribution < 1.29 is 24.0 Å². The summed E-state index contributed by atoms with van der Waals surface area (Å²) in [6.07, 6.45) is 7.62. The molecule has 0 saturated carbocycles. The quantitative estimate of drug-likeness (QED) is 0.487. The van der Waals surface area contributed by atoms with Gasteiger partial charge in [-0.2, -0.15) is 0 Å².